The molecule has 0 radical (unpaired) electrons. The fourth-order valence-corrected chi connectivity index (χ4v) is 1.58. The van der Waals surface area contributed by atoms with Gasteiger partial charge in [0, 0.05) is 19.2 Å². The highest BCUT2D eigenvalue weighted by Gasteiger charge is 2.19. The van der Waals surface area contributed by atoms with E-state index in [9.17, 15) is 4.79 Å². The first-order valence-electron chi connectivity index (χ1n) is 4.57. The summed E-state index contributed by atoms with van der Waals surface area (Å²) in [5, 5.41) is 3.63. The summed E-state index contributed by atoms with van der Waals surface area (Å²) in [5.41, 5.74) is 0.418. The molecule has 70 valence electrons. The molecular weight excluding hydrogens is 168 g/mol. The molecule has 0 saturated carbocycles. The average molecular weight is 180 g/mol. The lowest BCUT2D eigenvalue weighted by Crippen LogP contribution is -2.35. The highest BCUT2D eigenvalue weighted by molar-refractivity contribution is 5.92. The van der Waals surface area contributed by atoms with E-state index in [0.717, 1.165) is 25.9 Å². The molecule has 1 aromatic rings. The predicted octanol–water partition coefficient (Wildman–Crippen LogP) is 1.30. The zero-order valence-electron chi connectivity index (χ0n) is 7.40. The third kappa shape index (κ3) is 1.71. The second-order valence-corrected chi connectivity index (χ2v) is 3.24. The summed E-state index contributed by atoms with van der Waals surface area (Å²) in [4.78, 5) is 13.5. The van der Waals surface area contributed by atoms with Gasteiger partial charge in [0.05, 0.1) is 0 Å². The molecular formula is C9H12N2O2. The van der Waals surface area contributed by atoms with Gasteiger partial charge < -0.3 is 9.42 Å². The summed E-state index contributed by atoms with van der Waals surface area (Å²) in [6.45, 7) is 1.71. The van der Waals surface area contributed by atoms with Crippen LogP contribution in [0, 0.1) is 0 Å². The standard InChI is InChI=1S/C9H12N2O2/c12-9(8-4-7-13-10-8)11-5-2-1-3-6-11/h4,7H,1-3,5-6H2. The van der Waals surface area contributed by atoms with Gasteiger partial charge in [0.2, 0.25) is 0 Å². The monoisotopic (exact) mass is 180 g/mol. The van der Waals surface area contributed by atoms with Crippen molar-refractivity contribution in [2.75, 3.05) is 13.1 Å². The van der Waals surface area contributed by atoms with Crippen LogP contribution < -0.4 is 0 Å². The molecule has 2 heterocycles. The lowest BCUT2D eigenvalue weighted by Gasteiger charge is -2.25. The molecule has 0 aliphatic carbocycles. The molecule has 1 amide bonds. The van der Waals surface area contributed by atoms with Gasteiger partial charge in [-0.25, -0.2) is 0 Å². The molecule has 0 aromatic carbocycles. The summed E-state index contributed by atoms with van der Waals surface area (Å²) in [7, 11) is 0. The van der Waals surface area contributed by atoms with Gasteiger partial charge in [-0.1, -0.05) is 5.16 Å². The maximum Gasteiger partial charge on any atom is 0.276 e. The van der Waals surface area contributed by atoms with Crippen molar-refractivity contribution in [1.29, 1.82) is 0 Å². The van der Waals surface area contributed by atoms with Crippen molar-refractivity contribution in [1.82, 2.24) is 10.1 Å². The number of likely N-dealkylation sites (tertiary alicyclic amines) is 1. The molecule has 1 saturated heterocycles. The van der Waals surface area contributed by atoms with E-state index in [2.05, 4.69) is 9.68 Å². The lowest BCUT2D eigenvalue weighted by atomic mass is 10.1. The smallest absolute Gasteiger partial charge is 0.276 e. The average Bonchev–Trinajstić information content (AvgIpc) is 2.71. The van der Waals surface area contributed by atoms with Gasteiger partial charge in [-0.2, -0.15) is 0 Å². The van der Waals surface area contributed by atoms with Gasteiger partial charge in [0.15, 0.2) is 5.69 Å². The Bertz CT molecular complexity index is 276. The van der Waals surface area contributed by atoms with Crippen molar-refractivity contribution in [2.45, 2.75) is 19.3 Å². The quantitative estimate of drug-likeness (QED) is 0.654. The molecule has 4 heteroatoms. The minimum absolute atomic E-state index is 0.00606. The highest BCUT2D eigenvalue weighted by Crippen LogP contribution is 2.11. The second-order valence-electron chi connectivity index (χ2n) is 3.24. The third-order valence-corrected chi connectivity index (χ3v) is 2.30. The number of amides is 1. The zero-order chi connectivity index (χ0) is 9.10. The number of carbonyl (C=O) groups is 1. The summed E-state index contributed by atoms with van der Waals surface area (Å²) in [5.74, 6) is -0.00606. The number of aromatic nitrogens is 1. The maximum absolute atomic E-state index is 11.7. The minimum atomic E-state index is -0.00606. The van der Waals surface area contributed by atoms with Crippen LogP contribution in [0.4, 0.5) is 0 Å². The van der Waals surface area contributed by atoms with Gasteiger partial charge in [-0.15, -0.1) is 0 Å². The number of hydrogen-bond donors (Lipinski definition) is 0. The lowest BCUT2D eigenvalue weighted by molar-refractivity contribution is 0.0714. The minimum Gasteiger partial charge on any atom is -0.364 e. The fourth-order valence-electron chi connectivity index (χ4n) is 1.58. The van der Waals surface area contributed by atoms with Crippen LogP contribution in [0.1, 0.15) is 29.8 Å². The Morgan fingerprint density at radius 3 is 2.77 bits per heavy atom. The van der Waals surface area contributed by atoms with Gasteiger partial charge in [-0.3, -0.25) is 4.79 Å². The number of hydrogen-bond acceptors (Lipinski definition) is 3. The Hall–Kier alpha value is -1.32. The van der Waals surface area contributed by atoms with Crippen molar-refractivity contribution < 1.29 is 9.32 Å². The molecule has 1 aliphatic rings. The number of nitrogens with zero attached hydrogens (tertiary/aromatic N) is 2. The van der Waals surface area contributed by atoms with Gasteiger partial charge >= 0.3 is 0 Å². The summed E-state index contributed by atoms with van der Waals surface area (Å²) < 4.78 is 4.63. The summed E-state index contributed by atoms with van der Waals surface area (Å²) >= 11 is 0. The van der Waals surface area contributed by atoms with E-state index in [-0.39, 0.29) is 5.91 Å². The molecule has 0 spiro atoms. The van der Waals surface area contributed by atoms with Crippen LogP contribution in [-0.4, -0.2) is 29.1 Å². The third-order valence-electron chi connectivity index (χ3n) is 2.30. The van der Waals surface area contributed by atoms with E-state index in [1.165, 1.54) is 12.7 Å². The SMILES string of the molecule is O=C(c1ccon1)N1CCCCC1. The molecule has 1 aromatic heterocycles. The summed E-state index contributed by atoms with van der Waals surface area (Å²) in [6, 6.07) is 1.61. The van der Waals surface area contributed by atoms with Crippen molar-refractivity contribution in [2.24, 2.45) is 0 Å². The van der Waals surface area contributed by atoms with E-state index in [4.69, 9.17) is 0 Å². The Morgan fingerprint density at radius 1 is 1.38 bits per heavy atom. The van der Waals surface area contributed by atoms with Crippen molar-refractivity contribution >= 4 is 5.91 Å². The summed E-state index contributed by atoms with van der Waals surface area (Å²) in [6.07, 6.45) is 4.85. The van der Waals surface area contributed by atoms with Crippen molar-refractivity contribution in [3.8, 4) is 0 Å². The normalized spacial score (nSPS) is 17.4. The molecule has 0 N–H and O–H groups in total. The first-order valence-corrected chi connectivity index (χ1v) is 4.57. The van der Waals surface area contributed by atoms with Crippen LogP contribution in [0.2, 0.25) is 0 Å². The first-order chi connectivity index (χ1) is 6.38. The molecule has 0 atom stereocenters. The van der Waals surface area contributed by atoms with E-state index in [1.807, 2.05) is 4.90 Å². The molecule has 4 nitrogen and oxygen atoms in total. The Morgan fingerprint density at radius 2 is 2.15 bits per heavy atom. The molecule has 0 unspecified atom stereocenters. The van der Waals surface area contributed by atoms with Gasteiger partial charge in [-0.05, 0) is 19.3 Å². The number of rotatable bonds is 1. The van der Waals surface area contributed by atoms with Crippen LogP contribution in [-0.2, 0) is 0 Å². The van der Waals surface area contributed by atoms with Crippen molar-refractivity contribution in [3.63, 3.8) is 0 Å². The molecule has 1 aliphatic heterocycles. The number of carbonyl (C=O) groups excluding carboxylic acids is 1. The predicted molar refractivity (Wildman–Crippen MR) is 46.3 cm³/mol. The van der Waals surface area contributed by atoms with Gasteiger partial charge in [0.25, 0.3) is 5.91 Å². The van der Waals surface area contributed by atoms with Crippen LogP contribution in [0.15, 0.2) is 16.9 Å². The molecule has 2 rings (SSSR count). The van der Waals surface area contributed by atoms with E-state index in [1.54, 1.807) is 6.07 Å². The topological polar surface area (TPSA) is 46.3 Å². The highest BCUT2D eigenvalue weighted by atomic mass is 16.5. The molecule has 13 heavy (non-hydrogen) atoms. The zero-order valence-corrected chi connectivity index (χ0v) is 7.40. The van der Waals surface area contributed by atoms with E-state index >= 15 is 0 Å². The van der Waals surface area contributed by atoms with Crippen LogP contribution in [0.5, 0.6) is 0 Å². The van der Waals surface area contributed by atoms with Gasteiger partial charge in [0.1, 0.15) is 6.26 Å². The Balaban J connectivity index is 2.04. The maximum atomic E-state index is 11.7. The van der Waals surface area contributed by atoms with E-state index < -0.39 is 0 Å². The first kappa shape index (κ1) is 8.29. The van der Waals surface area contributed by atoms with Crippen LogP contribution in [0.25, 0.3) is 0 Å². The van der Waals surface area contributed by atoms with Crippen LogP contribution in [0.3, 0.4) is 0 Å². The van der Waals surface area contributed by atoms with Crippen molar-refractivity contribution in [3.05, 3.63) is 18.0 Å². The largest absolute Gasteiger partial charge is 0.364 e. The number of piperidine rings is 1. The second kappa shape index (κ2) is 3.60. The fraction of sp³-hybridized carbons (Fsp3) is 0.556. The Labute approximate surface area is 76.5 Å². The molecule has 0 bridgehead atoms. The van der Waals surface area contributed by atoms with Crippen LogP contribution >= 0.6 is 0 Å². The Kier molecular flexibility index (Phi) is 2.29. The van der Waals surface area contributed by atoms with E-state index in [0.29, 0.717) is 5.69 Å². The molecule has 1 fully saturated rings.